The number of imidazole rings is 1. The molecule has 5 rings (SSSR count). The molecule has 154 valence electrons. The lowest BCUT2D eigenvalue weighted by Crippen LogP contribution is -2.05. The van der Waals surface area contributed by atoms with Gasteiger partial charge in [0.05, 0.1) is 23.0 Å². The van der Waals surface area contributed by atoms with Gasteiger partial charge < -0.3 is 9.88 Å². The van der Waals surface area contributed by atoms with Crippen molar-refractivity contribution >= 4 is 5.69 Å². The van der Waals surface area contributed by atoms with Gasteiger partial charge in [-0.15, -0.1) is 0 Å². The van der Waals surface area contributed by atoms with Crippen molar-refractivity contribution in [2.75, 3.05) is 11.9 Å². The minimum Gasteiger partial charge on any atom is -0.385 e. The molecule has 0 radical (unpaired) electrons. The van der Waals surface area contributed by atoms with Crippen LogP contribution in [0.25, 0.3) is 28.3 Å². The van der Waals surface area contributed by atoms with Gasteiger partial charge in [0.1, 0.15) is 0 Å². The smallest absolute Gasteiger partial charge is 0.161 e. The summed E-state index contributed by atoms with van der Waals surface area (Å²) in [6, 6.07) is 18.8. The number of anilines is 1. The highest BCUT2D eigenvalue weighted by Crippen LogP contribution is 2.35. The number of aryl methyl sites for hydroxylation is 1. The maximum Gasteiger partial charge on any atom is 0.161 e. The summed E-state index contributed by atoms with van der Waals surface area (Å²) in [5, 5.41) is 12.6. The van der Waals surface area contributed by atoms with E-state index in [1.807, 2.05) is 30.5 Å². The van der Waals surface area contributed by atoms with Crippen LogP contribution in [0.1, 0.15) is 36.6 Å². The zero-order valence-corrected chi connectivity index (χ0v) is 17.9. The van der Waals surface area contributed by atoms with Crippen LogP contribution in [0.2, 0.25) is 0 Å². The molecule has 0 saturated carbocycles. The molecule has 2 aromatic heterocycles. The molecule has 3 heterocycles. The summed E-state index contributed by atoms with van der Waals surface area (Å²) < 4.78 is 4.54. The van der Waals surface area contributed by atoms with Crippen molar-refractivity contribution in [3.63, 3.8) is 0 Å². The van der Waals surface area contributed by atoms with Crippen molar-refractivity contribution in [3.05, 3.63) is 77.7 Å². The molecule has 4 aromatic rings. The highest BCUT2D eigenvalue weighted by Gasteiger charge is 2.23. The van der Waals surface area contributed by atoms with E-state index in [1.54, 1.807) is 0 Å². The van der Waals surface area contributed by atoms with Crippen LogP contribution in [0.3, 0.4) is 0 Å². The fourth-order valence-electron chi connectivity index (χ4n) is 4.28. The quantitative estimate of drug-likeness (QED) is 0.377. The third-order valence-corrected chi connectivity index (χ3v) is 5.93. The molecule has 2 aromatic carbocycles. The Morgan fingerprint density at radius 3 is 2.71 bits per heavy atom. The maximum atomic E-state index is 9.09. The maximum absolute atomic E-state index is 9.09. The molecule has 5 heteroatoms. The molecule has 5 nitrogen and oxygen atoms in total. The Kier molecular flexibility index (Phi) is 4.83. The predicted octanol–water partition coefficient (Wildman–Crippen LogP) is 5.76. The molecule has 0 spiro atoms. The van der Waals surface area contributed by atoms with Gasteiger partial charge in [-0.05, 0) is 60.9 Å². The third-order valence-electron chi connectivity index (χ3n) is 5.93. The van der Waals surface area contributed by atoms with Crippen molar-refractivity contribution in [1.82, 2.24) is 14.1 Å². The summed E-state index contributed by atoms with van der Waals surface area (Å²) in [4.78, 5) is 4.76. The topological polar surface area (TPSA) is 58.6 Å². The Labute approximate surface area is 182 Å². The SMILES string of the molecule is CCCCNc1ccc2c(c1)Cn1cc(-c3ccc(C#N)cc3)cc1-c1ncc(C)n1-2. The van der Waals surface area contributed by atoms with Gasteiger partial charge in [0.2, 0.25) is 0 Å². The number of fused-ring (bicyclic) bond motifs is 5. The van der Waals surface area contributed by atoms with Crippen LogP contribution >= 0.6 is 0 Å². The van der Waals surface area contributed by atoms with E-state index in [4.69, 9.17) is 10.2 Å². The first kappa shape index (κ1) is 19.2. The van der Waals surface area contributed by atoms with E-state index in [-0.39, 0.29) is 0 Å². The lowest BCUT2D eigenvalue weighted by molar-refractivity contribution is 0.816. The van der Waals surface area contributed by atoms with Crippen molar-refractivity contribution in [3.8, 4) is 34.4 Å². The molecular weight excluding hydrogens is 382 g/mol. The summed E-state index contributed by atoms with van der Waals surface area (Å²) in [6.45, 7) is 6.09. The molecule has 31 heavy (non-hydrogen) atoms. The largest absolute Gasteiger partial charge is 0.385 e. The Balaban J connectivity index is 1.59. The van der Waals surface area contributed by atoms with E-state index >= 15 is 0 Å². The zero-order chi connectivity index (χ0) is 21.4. The highest BCUT2D eigenvalue weighted by molar-refractivity contribution is 5.72. The lowest BCUT2D eigenvalue weighted by atomic mass is 10.1. The van der Waals surface area contributed by atoms with Gasteiger partial charge in [-0.1, -0.05) is 25.5 Å². The second-order valence-corrected chi connectivity index (χ2v) is 8.11. The van der Waals surface area contributed by atoms with Gasteiger partial charge in [-0.2, -0.15) is 5.26 Å². The number of hydrogen-bond acceptors (Lipinski definition) is 3. The molecule has 0 unspecified atom stereocenters. The molecule has 1 aliphatic rings. The van der Waals surface area contributed by atoms with Crippen molar-refractivity contribution in [2.24, 2.45) is 0 Å². The van der Waals surface area contributed by atoms with Crippen LogP contribution in [0.5, 0.6) is 0 Å². The number of rotatable bonds is 5. The summed E-state index contributed by atoms with van der Waals surface area (Å²) in [6.07, 6.45) is 6.48. The van der Waals surface area contributed by atoms with E-state index < -0.39 is 0 Å². The van der Waals surface area contributed by atoms with Crippen LogP contribution in [-0.2, 0) is 6.54 Å². The van der Waals surface area contributed by atoms with Crippen molar-refractivity contribution in [2.45, 2.75) is 33.2 Å². The third kappa shape index (κ3) is 3.40. The Hall–Kier alpha value is -3.78. The molecule has 0 aliphatic carbocycles. The standard InChI is InChI=1S/C26H25N5/c1-3-4-11-28-23-9-10-24-22(12-23)17-30-16-21(20-7-5-19(14-27)6-8-20)13-25(30)26-29-15-18(2)31(24)26/h5-10,12-13,15-16,28H,3-4,11,17H2,1-2H3. The van der Waals surface area contributed by atoms with Crippen LogP contribution in [-0.4, -0.2) is 20.7 Å². The number of nitriles is 1. The number of nitrogens with one attached hydrogen (secondary N) is 1. The molecule has 1 N–H and O–H groups in total. The summed E-state index contributed by atoms with van der Waals surface area (Å²) in [5.74, 6) is 0.961. The second-order valence-electron chi connectivity index (χ2n) is 8.11. The minimum absolute atomic E-state index is 0.674. The number of nitrogens with zero attached hydrogens (tertiary/aromatic N) is 4. The first-order valence-corrected chi connectivity index (χ1v) is 10.8. The molecule has 0 saturated heterocycles. The molecule has 0 atom stereocenters. The summed E-state index contributed by atoms with van der Waals surface area (Å²) >= 11 is 0. The van der Waals surface area contributed by atoms with E-state index in [0.29, 0.717) is 5.56 Å². The zero-order valence-electron chi connectivity index (χ0n) is 17.9. The van der Waals surface area contributed by atoms with Gasteiger partial charge in [0, 0.05) is 42.4 Å². The summed E-state index contributed by atoms with van der Waals surface area (Å²) in [7, 11) is 0. The van der Waals surface area contributed by atoms with Crippen LogP contribution in [0, 0.1) is 18.3 Å². The van der Waals surface area contributed by atoms with E-state index in [2.05, 4.69) is 64.8 Å². The van der Waals surface area contributed by atoms with Crippen LogP contribution in [0.4, 0.5) is 5.69 Å². The Morgan fingerprint density at radius 2 is 1.94 bits per heavy atom. The fourth-order valence-corrected chi connectivity index (χ4v) is 4.28. The Morgan fingerprint density at radius 1 is 1.10 bits per heavy atom. The minimum atomic E-state index is 0.674. The molecule has 0 fully saturated rings. The van der Waals surface area contributed by atoms with Gasteiger partial charge in [-0.3, -0.25) is 4.57 Å². The fraction of sp³-hybridized carbons (Fsp3) is 0.231. The number of benzene rings is 2. The monoisotopic (exact) mass is 407 g/mol. The normalized spacial score (nSPS) is 11.8. The lowest BCUT2D eigenvalue weighted by Gasteiger charge is -2.14. The predicted molar refractivity (Wildman–Crippen MR) is 124 cm³/mol. The average molecular weight is 408 g/mol. The molecular formula is C26H25N5. The highest BCUT2D eigenvalue weighted by atomic mass is 15.1. The van der Waals surface area contributed by atoms with E-state index in [0.717, 1.165) is 53.5 Å². The number of unbranched alkanes of at least 4 members (excludes halogenated alkanes) is 1. The van der Waals surface area contributed by atoms with Gasteiger partial charge in [-0.25, -0.2) is 4.98 Å². The van der Waals surface area contributed by atoms with Crippen LogP contribution in [0.15, 0.2) is 60.9 Å². The van der Waals surface area contributed by atoms with Gasteiger partial charge >= 0.3 is 0 Å². The van der Waals surface area contributed by atoms with E-state index in [9.17, 15) is 0 Å². The Bertz CT molecular complexity index is 1280. The molecule has 0 amide bonds. The van der Waals surface area contributed by atoms with Crippen LogP contribution < -0.4 is 5.32 Å². The number of aromatic nitrogens is 3. The van der Waals surface area contributed by atoms with Gasteiger partial charge in [0.15, 0.2) is 5.82 Å². The summed E-state index contributed by atoms with van der Waals surface area (Å²) in [5.41, 5.74) is 8.75. The molecule has 1 aliphatic heterocycles. The van der Waals surface area contributed by atoms with Gasteiger partial charge in [0.25, 0.3) is 0 Å². The second kappa shape index (κ2) is 7.81. The number of hydrogen-bond donors (Lipinski definition) is 1. The molecule has 0 bridgehead atoms. The van der Waals surface area contributed by atoms with Crippen molar-refractivity contribution in [1.29, 1.82) is 5.26 Å². The van der Waals surface area contributed by atoms with E-state index in [1.165, 1.54) is 17.7 Å². The average Bonchev–Trinajstić information content (AvgIpc) is 3.34. The van der Waals surface area contributed by atoms with Crippen molar-refractivity contribution < 1.29 is 0 Å². The first-order chi connectivity index (χ1) is 15.2. The first-order valence-electron chi connectivity index (χ1n) is 10.8.